The summed E-state index contributed by atoms with van der Waals surface area (Å²) in [6.45, 7) is 7.34. The molecule has 5 aromatic rings. The van der Waals surface area contributed by atoms with Crippen molar-refractivity contribution in [2.24, 2.45) is 0 Å². The predicted octanol–water partition coefficient (Wildman–Crippen LogP) is 6.20. The molecule has 0 fully saturated rings. The van der Waals surface area contributed by atoms with Gasteiger partial charge in [-0.3, -0.25) is 0 Å². The third-order valence-electron chi connectivity index (χ3n) is 7.13. The van der Waals surface area contributed by atoms with Gasteiger partial charge in [-0.25, -0.2) is 0 Å². The highest BCUT2D eigenvalue weighted by Crippen LogP contribution is 2.51. The highest BCUT2D eigenvalue weighted by molar-refractivity contribution is 6.52. The minimum absolute atomic E-state index is 0.723. The predicted molar refractivity (Wildman–Crippen MR) is 133 cm³/mol. The molecule has 0 spiro atoms. The Kier molecular flexibility index (Phi) is 3.96. The fourth-order valence-electron chi connectivity index (χ4n) is 4.60. The summed E-state index contributed by atoms with van der Waals surface area (Å²) in [6.07, 6.45) is 0. The maximum Gasteiger partial charge on any atom is 0.331 e. The van der Waals surface area contributed by atoms with Crippen molar-refractivity contribution in [1.29, 1.82) is 0 Å². The lowest BCUT2D eigenvalue weighted by Crippen LogP contribution is -2.49. The summed E-state index contributed by atoms with van der Waals surface area (Å²) in [6, 6.07) is 23.3. The van der Waals surface area contributed by atoms with Gasteiger partial charge in [-0.15, -0.1) is 0 Å². The van der Waals surface area contributed by atoms with Crippen molar-refractivity contribution in [3.05, 3.63) is 66.7 Å². The van der Waals surface area contributed by atoms with E-state index in [1.165, 1.54) is 22.1 Å². The molecule has 1 radical (unpaired) electrons. The summed E-state index contributed by atoms with van der Waals surface area (Å²) >= 11 is 0. The highest BCUT2D eigenvalue weighted by atomic mass is 16.5. The summed E-state index contributed by atoms with van der Waals surface area (Å²) in [7, 11) is 1.78. The first-order valence-corrected chi connectivity index (χ1v) is 11.0. The van der Waals surface area contributed by atoms with Gasteiger partial charge in [-0.1, -0.05) is 54.6 Å². The van der Waals surface area contributed by atoms with E-state index in [4.69, 9.17) is 9.07 Å². The molecule has 1 heterocycles. The maximum atomic E-state index is 10.5. The highest BCUT2D eigenvalue weighted by Gasteiger charge is 2.36. The Labute approximate surface area is 187 Å². The first-order chi connectivity index (χ1) is 15.3. The van der Waals surface area contributed by atoms with Crippen LogP contribution in [-0.4, -0.2) is 23.8 Å². The molecule has 0 atom stereocenters. The van der Waals surface area contributed by atoms with Crippen molar-refractivity contribution in [3.63, 3.8) is 0 Å². The lowest BCUT2D eigenvalue weighted by Gasteiger charge is -2.37. The molecule has 1 aliphatic carbocycles. The number of hydrogen-bond donors (Lipinski definition) is 1. The van der Waals surface area contributed by atoms with Gasteiger partial charge >= 0.3 is 7.48 Å². The molecule has 0 saturated carbocycles. The molecule has 6 rings (SSSR count). The second kappa shape index (κ2) is 6.47. The average Bonchev–Trinajstić information content (AvgIpc) is 3.29. The van der Waals surface area contributed by atoms with E-state index in [9.17, 15) is 5.11 Å². The third kappa shape index (κ3) is 2.63. The van der Waals surface area contributed by atoms with Crippen molar-refractivity contribution < 1.29 is 14.2 Å². The number of para-hydroxylation sites is 1. The molecular weight excluding hydrogens is 395 g/mol. The number of rotatable bonds is 4. The molecule has 32 heavy (non-hydrogen) atoms. The van der Waals surface area contributed by atoms with Crippen molar-refractivity contribution in [1.82, 2.24) is 0 Å². The van der Waals surface area contributed by atoms with Crippen molar-refractivity contribution >= 4 is 45.7 Å². The maximum absolute atomic E-state index is 10.5. The van der Waals surface area contributed by atoms with Crippen LogP contribution < -0.4 is 5.46 Å². The number of aliphatic hydroxyl groups is 1. The standard InChI is InChI=1S/C28H24BO3/c1-27(2,30)28(3,4)32-29-22-15-14-17-18-12-13-19-16-8-5-6-11-23(16)31-26(19)25(18)21-10-7-9-20(22)24(17)21/h5-15,30H,1-4H3. The van der Waals surface area contributed by atoms with Crippen LogP contribution in [0.15, 0.2) is 71.1 Å². The largest absolute Gasteiger partial charge is 0.455 e. The zero-order valence-electron chi connectivity index (χ0n) is 18.7. The minimum Gasteiger partial charge on any atom is -0.455 e. The van der Waals surface area contributed by atoms with Crippen LogP contribution in [0.2, 0.25) is 0 Å². The van der Waals surface area contributed by atoms with E-state index in [2.05, 4.69) is 54.6 Å². The zero-order valence-corrected chi connectivity index (χ0v) is 18.7. The van der Waals surface area contributed by atoms with Crippen molar-refractivity contribution in [2.75, 3.05) is 0 Å². The summed E-state index contributed by atoms with van der Waals surface area (Å²) in [4.78, 5) is 0. The third-order valence-corrected chi connectivity index (χ3v) is 7.13. The monoisotopic (exact) mass is 419 g/mol. The SMILES string of the molecule is CC(C)(O)C(C)(C)O[B]c1ccc2c3c(cccc13)-c1c-2ccc2c1oc1ccccc12. The number of furan rings is 1. The Balaban J connectivity index is 1.54. The summed E-state index contributed by atoms with van der Waals surface area (Å²) < 4.78 is 12.4. The van der Waals surface area contributed by atoms with Crippen molar-refractivity contribution in [2.45, 2.75) is 38.9 Å². The molecule has 1 aromatic heterocycles. The van der Waals surface area contributed by atoms with Gasteiger partial charge in [0.1, 0.15) is 11.2 Å². The molecule has 0 bridgehead atoms. The first-order valence-electron chi connectivity index (χ1n) is 11.0. The molecule has 4 heteroatoms. The lowest BCUT2D eigenvalue weighted by atomic mass is 9.79. The molecular formula is C28H24BO3. The van der Waals surface area contributed by atoms with Gasteiger partial charge in [0.25, 0.3) is 0 Å². The second-order valence-corrected chi connectivity index (χ2v) is 9.70. The second-order valence-electron chi connectivity index (χ2n) is 9.70. The number of fused-ring (bicyclic) bond motifs is 7. The Morgan fingerprint density at radius 2 is 1.50 bits per heavy atom. The van der Waals surface area contributed by atoms with Crippen LogP contribution in [0, 0.1) is 0 Å². The minimum atomic E-state index is -0.971. The smallest absolute Gasteiger partial charge is 0.331 e. The van der Waals surface area contributed by atoms with Crippen LogP contribution in [0.3, 0.4) is 0 Å². The molecule has 157 valence electrons. The van der Waals surface area contributed by atoms with E-state index in [0.29, 0.717) is 0 Å². The van der Waals surface area contributed by atoms with E-state index in [-0.39, 0.29) is 0 Å². The molecule has 3 nitrogen and oxygen atoms in total. The van der Waals surface area contributed by atoms with Crippen LogP contribution >= 0.6 is 0 Å². The van der Waals surface area contributed by atoms with Crippen LogP contribution in [0.5, 0.6) is 0 Å². The number of benzene rings is 4. The molecule has 0 aliphatic heterocycles. The Morgan fingerprint density at radius 1 is 0.750 bits per heavy atom. The van der Waals surface area contributed by atoms with Crippen LogP contribution in [0.1, 0.15) is 27.7 Å². The van der Waals surface area contributed by atoms with Gasteiger partial charge in [0, 0.05) is 16.3 Å². The van der Waals surface area contributed by atoms with Crippen LogP contribution in [0.4, 0.5) is 0 Å². The summed E-state index contributed by atoms with van der Waals surface area (Å²) in [5, 5.41) is 15.1. The van der Waals surface area contributed by atoms with E-state index >= 15 is 0 Å². The normalized spacial score (nSPS) is 13.3. The summed E-state index contributed by atoms with van der Waals surface area (Å²) in [5.74, 6) is 0. The average molecular weight is 419 g/mol. The van der Waals surface area contributed by atoms with Gasteiger partial charge in [0.2, 0.25) is 0 Å². The van der Waals surface area contributed by atoms with Gasteiger partial charge in [-0.2, -0.15) is 0 Å². The van der Waals surface area contributed by atoms with Gasteiger partial charge in [0.15, 0.2) is 0 Å². The lowest BCUT2D eigenvalue weighted by molar-refractivity contribution is -0.0893. The summed E-state index contributed by atoms with van der Waals surface area (Å²) in [5.41, 5.74) is 5.92. The van der Waals surface area contributed by atoms with E-state index in [1.807, 2.05) is 26.0 Å². The molecule has 4 aromatic carbocycles. The molecule has 0 amide bonds. The number of hydrogen-bond acceptors (Lipinski definition) is 3. The van der Waals surface area contributed by atoms with Crippen LogP contribution in [-0.2, 0) is 4.65 Å². The van der Waals surface area contributed by atoms with E-state index < -0.39 is 11.2 Å². The van der Waals surface area contributed by atoms with Gasteiger partial charge in [-0.05, 0) is 72.8 Å². The van der Waals surface area contributed by atoms with Gasteiger partial charge in [0.05, 0.1) is 11.2 Å². The van der Waals surface area contributed by atoms with Crippen molar-refractivity contribution in [3.8, 4) is 22.3 Å². The Bertz CT molecular complexity index is 1540. The van der Waals surface area contributed by atoms with E-state index in [0.717, 1.165) is 38.4 Å². The van der Waals surface area contributed by atoms with Gasteiger partial charge < -0.3 is 14.2 Å². The molecule has 1 aliphatic rings. The van der Waals surface area contributed by atoms with Crippen LogP contribution in [0.25, 0.3) is 55.0 Å². The molecule has 0 saturated heterocycles. The quantitative estimate of drug-likeness (QED) is 0.346. The Morgan fingerprint density at radius 3 is 2.31 bits per heavy atom. The topological polar surface area (TPSA) is 42.6 Å². The Hall–Kier alpha value is -3.08. The zero-order chi connectivity index (χ0) is 22.3. The fourth-order valence-corrected chi connectivity index (χ4v) is 4.60. The molecule has 1 N–H and O–H groups in total. The first kappa shape index (κ1) is 19.6. The fraction of sp³-hybridized carbons (Fsp3) is 0.214. The van der Waals surface area contributed by atoms with E-state index in [1.54, 1.807) is 21.3 Å². The molecule has 0 unspecified atom stereocenters.